The van der Waals surface area contributed by atoms with Gasteiger partial charge in [-0.3, -0.25) is 14.4 Å². The summed E-state index contributed by atoms with van der Waals surface area (Å²) in [4.78, 5) is 41.6. The summed E-state index contributed by atoms with van der Waals surface area (Å²) in [6.07, 6.45) is 3.30. The fraction of sp³-hybridized carbons (Fsp3) is 0.409. The van der Waals surface area contributed by atoms with Crippen molar-refractivity contribution in [1.82, 2.24) is 10.2 Å². The Balaban J connectivity index is 1.29. The molecule has 2 aliphatic rings. The first-order chi connectivity index (χ1) is 14.5. The summed E-state index contributed by atoms with van der Waals surface area (Å²) in [5.41, 5.74) is 0.802. The van der Waals surface area contributed by atoms with E-state index in [1.165, 1.54) is 0 Å². The van der Waals surface area contributed by atoms with Crippen molar-refractivity contribution in [3.8, 4) is 0 Å². The molecule has 2 fully saturated rings. The van der Waals surface area contributed by atoms with Gasteiger partial charge in [-0.05, 0) is 49.6 Å². The molecule has 3 heterocycles. The number of hydrogen-bond acceptors (Lipinski definition) is 4. The number of likely N-dealkylation sites (tertiary alicyclic amines) is 1. The maximum atomic E-state index is 13.0. The van der Waals surface area contributed by atoms with E-state index in [0.29, 0.717) is 51.2 Å². The summed E-state index contributed by atoms with van der Waals surface area (Å²) < 4.78 is 6.13. The molecule has 0 radical (unpaired) electrons. The first-order valence-corrected chi connectivity index (χ1v) is 11.0. The van der Waals surface area contributed by atoms with Gasteiger partial charge in [-0.2, -0.15) is 0 Å². The third-order valence-electron chi connectivity index (χ3n) is 5.82. The maximum absolute atomic E-state index is 13.0. The van der Waals surface area contributed by atoms with Crippen LogP contribution < -0.4 is 10.2 Å². The van der Waals surface area contributed by atoms with Gasteiger partial charge in [-0.1, -0.05) is 22.0 Å². The third kappa shape index (κ3) is 4.43. The van der Waals surface area contributed by atoms with Gasteiger partial charge in [0.15, 0.2) is 0 Å². The highest BCUT2D eigenvalue weighted by Gasteiger charge is 2.40. The molecular weight excluding hydrogens is 450 g/mol. The SMILES string of the molecule is O=C(NCc1ccco1)C1CCN(C(=O)C2CCN(c3cccc(Br)c3)C2=O)CC1. The number of rotatable bonds is 5. The first kappa shape index (κ1) is 20.7. The van der Waals surface area contributed by atoms with Crippen LogP contribution in [0.5, 0.6) is 0 Å². The number of carbonyl (C=O) groups is 3. The number of amides is 3. The molecule has 1 atom stereocenters. The van der Waals surface area contributed by atoms with Crippen LogP contribution in [0.3, 0.4) is 0 Å². The molecule has 1 N–H and O–H groups in total. The van der Waals surface area contributed by atoms with Gasteiger partial charge in [-0.25, -0.2) is 0 Å². The number of carbonyl (C=O) groups excluding carboxylic acids is 3. The van der Waals surface area contributed by atoms with E-state index >= 15 is 0 Å². The van der Waals surface area contributed by atoms with E-state index < -0.39 is 5.92 Å². The fourth-order valence-corrected chi connectivity index (χ4v) is 4.51. The Kier molecular flexibility index (Phi) is 6.22. The van der Waals surface area contributed by atoms with Gasteiger partial charge >= 0.3 is 0 Å². The molecule has 158 valence electrons. The molecular formula is C22H24BrN3O4. The molecule has 1 unspecified atom stereocenters. The van der Waals surface area contributed by atoms with Gasteiger partial charge in [0.25, 0.3) is 0 Å². The molecule has 7 nitrogen and oxygen atoms in total. The molecule has 2 aromatic rings. The molecule has 30 heavy (non-hydrogen) atoms. The Morgan fingerprint density at radius 2 is 1.90 bits per heavy atom. The lowest BCUT2D eigenvalue weighted by molar-refractivity contribution is -0.142. The summed E-state index contributed by atoms with van der Waals surface area (Å²) in [6.45, 7) is 1.90. The van der Waals surface area contributed by atoms with E-state index in [0.717, 1.165) is 10.2 Å². The molecule has 0 bridgehead atoms. The van der Waals surface area contributed by atoms with Gasteiger partial charge in [0.2, 0.25) is 17.7 Å². The summed E-state index contributed by atoms with van der Waals surface area (Å²) in [7, 11) is 0. The highest BCUT2D eigenvalue weighted by Crippen LogP contribution is 2.29. The lowest BCUT2D eigenvalue weighted by Crippen LogP contribution is -2.46. The Morgan fingerprint density at radius 3 is 2.60 bits per heavy atom. The Bertz CT molecular complexity index is 922. The summed E-state index contributed by atoms with van der Waals surface area (Å²) >= 11 is 3.42. The van der Waals surface area contributed by atoms with Crippen LogP contribution >= 0.6 is 15.9 Å². The van der Waals surface area contributed by atoms with Gasteiger partial charge in [0, 0.05) is 35.7 Å². The van der Waals surface area contributed by atoms with Crippen molar-refractivity contribution in [2.75, 3.05) is 24.5 Å². The molecule has 8 heteroatoms. The zero-order valence-electron chi connectivity index (χ0n) is 16.6. The zero-order chi connectivity index (χ0) is 21.1. The zero-order valence-corrected chi connectivity index (χ0v) is 18.1. The summed E-state index contributed by atoms with van der Waals surface area (Å²) in [5.74, 6) is -0.319. The van der Waals surface area contributed by atoms with Crippen LogP contribution in [-0.2, 0) is 20.9 Å². The minimum atomic E-state index is -0.631. The van der Waals surface area contributed by atoms with Gasteiger partial charge in [-0.15, -0.1) is 0 Å². The van der Waals surface area contributed by atoms with E-state index in [1.807, 2.05) is 30.3 Å². The van der Waals surface area contributed by atoms with Gasteiger partial charge < -0.3 is 19.5 Å². The van der Waals surface area contributed by atoms with E-state index in [-0.39, 0.29) is 23.6 Å². The monoisotopic (exact) mass is 473 g/mol. The second-order valence-electron chi connectivity index (χ2n) is 7.71. The quantitative estimate of drug-likeness (QED) is 0.676. The van der Waals surface area contributed by atoms with Crippen LogP contribution in [0.1, 0.15) is 25.0 Å². The second-order valence-corrected chi connectivity index (χ2v) is 8.62. The van der Waals surface area contributed by atoms with Crippen molar-refractivity contribution in [1.29, 1.82) is 0 Å². The molecule has 0 aliphatic carbocycles. The molecule has 1 aromatic heterocycles. The molecule has 2 saturated heterocycles. The van der Waals surface area contributed by atoms with Crippen molar-refractivity contribution < 1.29 is 18.8 Å². The fourth-order valence-electron chi connectivity index (χ4n) is 4.12. The molecule has 0 saturated carbocycles. The number of hydrogen-bond donors (Lipinski definition) is 1. The van der Waals surface area contributed by atoms with Gasteiger partial charge in [0.05, 0.1) is 12.8 Å². The van der Waals surface area contributed by atoms with Crippen LogP contribution in [-0.4, -0.2) is 42.3 Å². The standard InChI is InChI=1S/C22H24BrN3O4/c23-16-3-1-4-17(13-16)26-11-8-19(22(26)29)21(28)25-9-6-15(7-10-25)20(27)24-14-18-5-2-12-30-18/h1-5,12-13,15,19H,6-11,14H2,(H,24,27). The number of piperidine rings is 1. The van der Waals surface area contributed by atoms with Crippen LogP contribution in [0, 0.1) is 11.8 Å². The minimum Gasteiger partial charge on any atom is -0.467 e. The number of benzene rings is 1. The Morgan fingerprint density at radius 1 is 1.10 bits per heavy atom. The average molecular weight is 474 g/mol. The smallest absolute Gasteiger partial charge is 0.239 e. The van der Waals surface area contributed by atoms with Crippen molar-refractivity contribution in [2.24, 2.45) is 11.8 Å². The normalized spacial score (nSPS) is 19.9. The number of anilines is 1. The molecule has 0 spiro atoms. The predicted molar refractivity (Wildman–Crippen MR) is 114 cm³/mol. The summed E-state index contributed by atoms with van der Waals surface area (Å²) in [6, 6.07) is 11.1. The first-order valence-electron chi connectivity index (χ1n) is 10.2. The number of halogens is 1. The number of nitrogens with zero attached hydrogens (tertiary/aromatic N) is 2. The largest absolute Gasteiger partial charge is 0.467 e. The van der Waals surface area contributed by atoms with Crippen LogP contribution in [0.4, 0.5) is 5.69 Å². The highest BCUT2D eigenvalue weighted by molar-refractivity contribution is 9.10. The Hall–Kier alpha value is -2.61. The number of furan rings is 1. The van der Waals surface area contributed by atoms with E-state index in [2.05, 4.69) is 21.2 Å². The van der Waals surface area contributed by atoms with Crippen LogP contribution in [0.15, 0.2) is 51.6 Å². The topological polar surface area (TPSA) is 82.9 Å². The predicted octanol–water partition coefficient (Wildman–Crippen LogP) is 2.95. The van der Waals surface area contributed by atoms with Crippen LogP contribution in [0.2, 0.25) is 0 Å². The highest BCUT2D eigenvalue weighted by atomic mass is 79.9. The van der Waals surface area contributed by atoms with E-state index in [4.69, 9.17) is 4.42 Å². The third-order valence-corrected chi connectivity index (χ3v) is 6.31. The van der Waals surface area contributed by atoms with Crippen molar-refractivity contribution in [3.05, 3.63) is 52.9 Å². The molecule has 2 aliphatic heterocycles. The van der Waals surface area contributed by atoms with E-state index in [9.17, 15) is 14.4 Å². The van der Waals surface area contributed by atoms with Gasteiger partial charge in [0.1, 0.15) is 11.7 Å². The molecule has 1 aromatic carbocycles. The summed E-state index contributed by atoms with van der Waals surface area (Å²) in [5, 5.41) is 2.89. The van der Waals surface area contributed by atoms with Crippen molar-refractivity contribution in [2.45, 2.75) is 25.8 Å². The van der Waals surface area contributed by atoms with Crippen molar-refractivity contribution >= 4 is 39.3 Å². The number of nitrogens with one attached hydrogen (secondary N) is 1. The van der Waals surface area contributed by atoms with Crippen molar-refractivity contribution in [3.63, 3.8) is 0 Å². The van der Waals surface area contributed by atoms with Crippen LogP contribution in [0.25, 0.3) is 0 Å². The minimum absolute atomic E-state index is 0.0173. The maximum Gasteiger partial charge on any atom is 0.239 e. The van der Waals surface area contributed by atoms with E-state index in [1.54, 1.807) is 22.1 Å². The second kappa shape index (κ2) is 9.04. The lowest BCUT2D eigenvalue weighted by Gasteiger charge is -2.32. The lowest BCUT2D eigenvalue weighted by atomic mass is 9.94. The Labute approximate surface area is 183 Å². The molecule has 4 rings (SSSR count). The molecule has 3 amide bonds. The average Bonchev–Trinajstić information content (AvgIpc) is 3.41.